The lowest BCUT2D eigenvalue weighted by Gasteiger charge is -2.09. The molecule has 1 N–H and O–H groups in total. The number of rotatable bonds is 6. The molecule has 0 spiro atoms. The molecule has 0 aliphatic rings. The minimum atomic E-state index is -0.187. The smallest absolute Gasteiger partial charge is 0.189 e. The van der Waals surface area contributed by atoms with E-state index in [1.165, 1.54) is 31.0 Å². The predicted octanol–water partition coefficient (Wildman–Crippen LogP) is 4.03. The van der Waals surface area contributed by atoms with E-state index in [0.29, 0.717) is 16.2 Å². The Hall–Kier alpha value is -2.40. The lowest BCUT2D eigenvalue weighted by atomic mass is 10.1. The van der Waals surface area contributed by atoms with Crippen LogP contribution in [0.1, 0.15) is 15.9 Å². The van der Waals surface area contributed by atoms with Crippen molar-refractivity contribution in [1.82, 2.24) is 0 Å². The molecule has 0 radical (unpaired) electrons. The molecule has 2 rings (SSSR count). The number of ether oxygens (including phenoxy) is 2. The van der Waals surface area contributed by atoms with Gasteiger partial charge >= 0.3 is 0 Å². The Labute approximate surface area is 139 Å². The second-order valence-corrected chi connectivity index (χ2v) is 5.54. The monoisotopic (exact) mass is 330 g/mol. The van der Waals surface area contributed by atoms with Crippen molar-refractivity contribution in [2.24, 2.45) is 0 Å². The number of methoxy groups -OCH3 is 2. The Balaban J connectivity index is 2.27. The summed E-state index contributed by atoms with van der Waals surface area (Å²) in [5, 5.41) is 9.84. The van der Waals surface area contributed by atoms with Crippen molar-refractivity contribution in [2.75, 3.05) is 20.5 Å². The maximum Gasteiger partial charge on any atom is 0.189 e. The summed E-state index contributed by atoms with van der Waals surface area (Å²) in [5.74, 6) is 1.03. The van der Waals surface area contributed by atoms with Crippen molar-refractivity contribution >= 4 is 23.6 Å². The van der Waals surface area contributed by atoms with E-state index in [1.54, 1.807) is 19.3 Å². The van der Waals surface area contributed by atoms with Crippen molar-refractivity contribution < 1.29 is 19.4 Å². The Morgan fingerprint density at radius 2 is 1.83 bits per heavy atom. The highest BCUT2D eigenvalue weighted by Crippen LogP contribution is 2.34. The van der Waals surface area contributed by atoms with E-state index in [9.17, 15) is 9.90 Å². The highest BCUT2D eigenvalue weighted by Gasteiger charge is 2.14. The molecule has 120 valence electrons. The Kier molecular flexibility index (Phi) is 5.71. The average molecular weight is 330 g/mol. The van der Waals surface area contributed by atoms with Crippen LogP contribution >= 0.6 is 11.8 Å². The van der Waals surface area contributed by atoms with Gasteiger partial charge in [0, 0.05) is 11.0 Å². The number of allylic oxidation sites excluding steroid dienone is 1. The van der Waals surface area contributed by atoms with Crippen molar-refractivity contribution in [3.8, 4) is 17.2 Å². The first kappa shape index (κ1) is 17.0. The van der Waals surface area contributed by atoms with Crippen LogP contribution in [0, 0.1) is 0 Å². The van der Waals surface area contributed by atoms with Crippen molar-refractivity contribution in [1.29, 1.82) is 0 Å². The summed E-state index contributed by atoms with van der Waals surface area (Å²) in [4.78, 5) is 13.0. The number of benzene rings is 2. The summed E-state index contributed by atoms with van der Waals surface area (Å²) >= 11 is 1.37. The van der Waals surface area contributed by atoms with Gasteiger partial charge in [-0.3, -0.25) is 4.79 Å². The number of hydrogen-bond donors (Lipinski definition) is 1. The minimum absolute atomic E-state index is 0.102. The summed E-state index contributed by atoms with van der Waals surface area (Å²) in [5.41, 5.74) is 1.31. The molecule has 2 aromatic rings. The number of phenolic OH excluding ortho intramolecular Hbond substituents is 1. The van der Waals surface area contributed by atoms with Gasteiger partial charge in [0.1, 0.15) is 17.2 Å². The summed E-state index contributed by atoms with van der Waals surface area (Å²) in [7, 11) is 3.08. The summed E-state index contributed by atoms with van der Waals surface area (Å²) < 4.78 is 10.3. The van der Waals surface area contributed by atoms with E-state index >= 15 is 0 Å². The average Bonchev–Trinajstić information content (AvgIpc) is 2.59. The molecule has 0 aliphatic carbocycles. The molecule has 0 bridgehead atoms. The standard InChI is InChI=1S/C18H18O4S/c1-21-13-7-4-12(5-8-13)6-9-15(19)14-10-18(23-3)16(20)11-17(14)22-2/h4-11,20H,1-3H3/b9-6+. The second-order valence-electron chi connectivity index (χ2n) is 4.70. The molecule has 0 aromatic heterocycles. The third kappa shape index (κ3) is 4.07. The zero-order valence-corrected chi connectivity index (χ0v) is 14.0. The zero-order valence-electron chi connectivity index (χ0n) is 13.2. The van der Waals surface area contributed by atoms with Crippen molar-refractivity contribution in [3.63, 3.8) is 0 Å². The van der Waals surface area contributed by atoms with Crippen LogP contribution in [-0.4, -0.2) is 31.4 Å². The van der Waals surface area contributed by atoms with Crippen LogP contribution in [0.5, 0.6) is 17.2 Å². The Bertz CT molecular complexity index is 721. The fourth-order valence-electron chi connectivity index (χ4n) is 2.05. The molecule has 23 heavy (non-hydrogen) atoms. The van der Waals surface area contributed by atoms with Gasteiger partial charge in [-0.2, -0.15) is 0 Å². The highest BCUT2D eigenvalue weighted by atomic mass is 32.2. The maximum atomic E-state index is 12.4. The van der Waals surface area contributed by atoms with E-state index in [-0.39, 0.29) is 11.5 Å². The summed E-state index contributed by atoms with van der Waals surface area (Å²) in [6.07, 6.45) is 5.05. The molecule has 0 unspecified atom stereocenters. The molecule has 0 fully saturated rings. The number of aromatic hydroxyl groups is 1. The van der Waals surface area contributed by atoms with Gasteiger partial charge in [0.05, 0.1) is 19.8 Å². The molecule has 0 amide bonds. The molecule has 0 atom stereocenters. The molecular weight excluding hydrogens is 312 g/mol. The third-order valence-corrected chi connectivity index (χ3v) is 4.08. The van der Waals surface area contributed by atoms with E-state index in [2.05, 4.69) is 0 Å². The molecule has 0 saturated carbocycles. The van der Waals surface area contributed by atoms with Crippen molar-refractivity contribution in [2.45, 2.75) is 4.90 Å². The van der Waals surface area contributed by atoms with Crippen LogP contribution < -0.4 is 9.47 Å². The minimum Gasteiger partial charge on any atom is -0.507 e. The fraction of sp³-hybridized carbons (Fsp3) is 0.167. The van der Waals surface area contributed by atoms with Crippen LogP contribution in [0.25, 0.3) is 6.08 Å². The molecule has 0 aliphatic heterocycles. The number of carbonyl (C=O) groups excluding carboxylic acids is 1. The van der Waals surface area contributed by atoms with Gasteiger partial charge in [0.2, 0.25) is 0 Å². The Morgan fingerprint density at radius 3 is 2.39 bits per heavy atom. The topological polar surface area (TPSA) is 55.8 Å². The van der Waals surface area contributed by atoms with Crippen LogP contribution in [0.4, 0.5) is 0 Å². The number of carbonyl (C=O) groups is 1. The van der Waals surface area contributed by atoms with Gasteiger partial charge in [-0.05, 0) is 36.1 Å². The van der Waals surface area contributed by atoms with Crippen molar-refractivity contribution in [3.05, 3.63) is 53.6 Å². The van der Waals surface area contributed by atoms with E-state index in [0.717, 1.165) is 11.3 Å². The van der Waals surface area contributed by atoms with Crippen LogP contribution in [-0.2, 0) is 0 Å². The van der Waals surface area contributed by atoms with Crippen LogP contribution in [0.2, 0.25) is 0 Å². The van der Waals surface area contributed by atoms with Gasteiger partial charge < -0.3 is 14.6 Å². The van der Waals surface area contributed by atoms with Gasteiger partial charge in [0.15, 0.2) is 5.78 Å². The maximum absolute atomic E-state index is 12.4. The second kappa shape index (κ2) is 7.74. The zero-order chi connectivity index (χ0) is 16.8. The van der Waals surface area contributed by atoms with Gasteiger partial charge in [-0.25, -0.2) is 0 Å². The van der Waals surface area contributed by atoms with Gasteiger partial charge in [-0.1, -0.05) is 18.2 Å². The van der Waals surface area contributed by atoms with Crippen LogP contribution in [0.3, 0.4) is 0 Å². The third-order valence-electron chi connectivity index (χ3n) is 3.31. The van der Waals surface area contributed by atoms with E-state index in [4.69, 9.17) is 9.47 Å². The molecule has 0 saturated heterocycles. The highest BCUT2D eigenvalue weighted by molar-refractivity contribution is 7.98. The van der Waals surface area contributed by atoms with E-state index < -0.39 is 0 Å². The normalized spacial score (nSPS) is 10.7. The van der Waals surface area contributed by atoms with E-state index in [1.807, 2.05) is 30.5 Å². The first-order valence-corrected chi connectivity index (χ1v) is 8.13. The fourth-order valence-corrected chi connectivity index (χ4v) is 2.55. The largest absolute Gasteiger partial charge is 0.507 e. The molecule has 2 aromatic carbocycles. The molecule has 5 heteroatoms. The Morgan fingerprint density at radius 1 is 1.13 bits per heavy atom. The van der Waals surface area contributed by atoms with Gasteiger partial charge in [0.25, 0.3) is 0 Å². The summed E-state index contributed by atoms with van der Waals surface area (Å²) in [6, 6.07) is 10.5. The first-order chi connectivity index (χ1) is 11.1. The SMILES string of the molecule is COc1ccc(/C=C/C(=O)c2cc(SC)c(O)cc2OC)cc1. The van der Waals surface area contributed by atoms with Crippen LogP contribution in [0.15, 0.2) is 47.4 Å². The number of phenols is 1. The number of ketones is 1. The summed E-state index contributed by atoms with van der Waals surface area (Å²) in [6.45, 7) is 0. The molecule has 0 heterocycles. The quantitative estimate of drug-likeness (QED) is 0.492. The predicted molar refractivity (Wildman–Crippen MR) is 92.8 cm³/mol. The lowest BCUT2D eigenvalue weighted by Crippen LogP contribution is -1.99. The van der Waals surface area contributed by atoms with Gasteiger partial charge in [-0.15, -0.1) is 11.8 Å². The molecular formula is C18H18O4S. The number of hydrogen-bond acceptors (Lipinski definition) is 5. The molecule has 4 nitrogen and oxygen atoms in total. The number of thioether (sulfide) groups is 1. The first-order valence-electron chi connectivity index (χ1n) is 6.90. The lowest BCUT2D eigenvalue weighted by molar-refractivity contribution is 0.104.